The number of amides is 2. The van der Waals surface area contributed by atoms with E-state index in [1.165, 1.54) is 4.90 Å². The van der Waals surface area contributed by atoms with E-state index in [1.807, 2.05) is 55.5 Å². The summed E-state index contributed by atoms with van der Waals surface area (Å²) in [6, 6.07) is 21.7. The lowest BCUT2D eigenvalue weighted by Gasteiger charge is -2.25. The van der Waals surface area contributed by atoms with Crippen LogP contribution < -0.4 is 14.4 Å². The Hall–Kier alpha value is -3.39. The number of ether oxygens (including phenoxy) is 2. The minimum absolute atomic E-state index is 0.320. The van der Waals surface area contributed by atoms with E-state index in [2.05, 4.69) is 0 Å². The van der Waals surface area contributed by atoms with Crippen LogP contribution in [0.1, 0.15) is 24.1 Å². The second kappa shape index (κ2) is 9.70. The number of benzene rings is 3. The van der Waals surface area contributed by atoms with Crippen LogP contribution in [0.15, 0.2) is 72.8 Å². The van der Waals surface area contributed by atoms with E-state index in [4.69, 9.17) is 25.9 Å². The van der Waals surface area contributed by atoms with Gasteiger partial charge in [-0.05, 0) is 48.4 Å². The molecule has 2 saturated heterocycles. The molecule has 0 bridgehead atoms. The lowest BCUT2D eigenvalue weighted by atomic mass is 9.91. The first-order valence-electron chi connectivity index (χ1n) is 11.4. The van der Waals surface area contributed by atoms with Crippen molar-refractivity contribution in [1.29, 1.82) is 0 Å². The number of nitrogens with zero attached hydrogens (tertiary/aromatic N) is 2. The molecular formula is C27H25ClN2O5. The van der Waals surface area contributed by atoms with Crippen LogP contribution in [-0.2, 0) is 21.0 Å². The standard InChI is InChI=1S/C27H25ClN2O5/c1-3-33-22-14-18(12-13-21(22)34-16-17-8-5-4-6-9-17)24-23-25(35-29(24)2)27(32)30(26(23)31)20-11-7-10-19(28)15-20/h4-15,23-25H,3,16H2,1-2H3/t23-,24+,25-/m1/s1. The van der Waals surface area contributed by atoms with E-state index < -0.39 is 24.0 Å². The molecule has 2 amide bonds. The minimum Gasteiger partial charge on any atom is -0.490 e. The second-order valence-electron chi connectivity index (χ2n) is 8.45. The molecule has 8 heteroatoms. The molecule has 0 spiro atoms. The van der Waals surface area contributed by atoms with Crippen molar-refractivity contribution in [2.45, 2.75) is 25.7 Å². The summed E-state index contributed by atoms with van der Waals surface area (Å²) in [5, 5.41) is 2.03. The molecule has 35 heavy (non-hydrogen) atoms. The Morgan fingerprint density at radius 1 is 0.914 bits per heavy atom. The van der Waals surface area contributed by atoms with Crippen LogP contribution in [0.25, 0.3) is 0 Å². The molecule has 0 aromatic heterocycles. The number of hydrogen-bond donors (Lipinski definition) is 0. The van der Waals surface area contributed by atoms with E-state index in [0.717, 1.165) is 11.1 Å². The third kappa shape index (κ3) is 4.38. The third-order valence-corrected chi connectivity index (χ3v) is 6.46. The minimum atomic E-state index is -0.902. The van der Waals surface area contributed by atoms with Gasteiger partial charge in [-0.3, -0.25) is 14.4 Å². The predicted molar refractivity (Wildman–Crippen MR) is 131 cm³/mol. The highest BCUT2D eigenvalue weighted by molar-refractivity contribution is 6.31. The summed E-state index contributed by atoms with van der Waals surface area (Å²) in [7, 11) is 1.73. The van der Waals surface area contributed by atoms with Crippen molar-refractivity contribution >= 4 is 29.1 Å². The normalized spacial score (nSPS) is 21.9. The number of carbonyl (C=O) groups is 2. The summed E-state index contributed by atoms with van der Waals surface area (Å²) < 4.78 is 11.9. The van der Waals surface area contributed by atoms with E-state index in [0.29, 0.717) is 35.4 Å². The molecule has 7 nitrogen and oxygen atoms in total. The van der Waals surface area contributed by atoms with Gasteiger partial charge in [0.1, 0.15) is 6.61 Å². The average Bonchev–Trinajstić information content (AvgIpc) is 3.32. The number of halogens is 1. The molecule has 3 atom stereocenters. The first-order valence-corrected chi connectivity index (χ1v) is 11.8. The summed E-state index contributed by atoms with van der Waals surface area (Å²) in [5.41, 5.74) is 2.28. The molecule has 0 N–H and O–H groups in total. The number of hydroxylamine groups is 2. The molecule has 0 aliphatic carbocycles. The van der Waals surface area contributed by atoms with Crippen molar-refractivity contribution in [2.75, 3.05) is 18.6 Å². The highest BCUT2D eigenvalue weighted by Crippen LogP contribution is 2.46. The Bertz CT molecular complexity index is 1250. The van der Waals surface area contributed by atoms with E-state index in [9.17, 15) is 9.59 Å². The van der Waals surface area contributed by atoms with Crippen LogP contribution in [-0.4, -0.2) is 36.6 Å². The molecule has 2 fully saturated rings. The molecular weight excluding hydrogens is 468 g/mol. The molecule has 180 valence electrons. The first kappa shape index (κ1) is 23.4. The molecule has 0 radical (unpaired) electrons. The topological polar surface area (TPSA) is 68.3 Å². The Balaban J connectivity index is 1.43. The van der Waals surface area contributed by atoms with Crippen LogP contribution in [0, 0.1) is 5.92 Å². The Morgan fingerprint density at radius 2 is 1.71 bits per heavy atom. The fourth-order valence-corrected chi connectivity index (χ4v) is 4.85. The van der Waals surface area contributed by atoms with Crippen LogP contribution in [0.4, 0.5) is 5.69 Å². The van der Waals surface area contributed by atoms with Crippen LogP contribution in [0.5, 0.6) is 11.5 Å². The van der Waals surface area contributed by atoms with Gasteiger partial charge in [-0.25, -0.2) is 4.90 Å². The van der Waals surface area contributed by atoms with Gasteiger partial charge < -0.3 is 9.47 Å². The van der Waals surface area contributed by atoms with Crippen molar-refractivity contribution in [3.8, 4) is 11.5 Å². The Morgan fingerprint density at radius 3 is 2.46 bits per heavy atom. The van der Waals surface area contributed by atoms with Gasteiger partial charge in [-0.15, -0.1) is 0 Å². The maximum atomic E-state index is 13.5. The Kier molecular flexibility index (Phi) is 6.47. The second-order valence-corrected chi connectivity index (χ2v) is 8.88. The van der Waals surface area contributed by atoms with Crippen LogP contribution in [0.2, 0.25) is 5.02 Å². The fraction of sp³-hybridized carbons (Fsp3) is 0.259. The number of rotatable bonds is 7. The van der Waals surface area contributed by atoms with Crippen molar-refractivity contribution in [1.82, 2.24) is 5.06 Å². The number of imide groups is 1. The molecule has 2 aliphatic heterocycles. The van der Waals surface area contributed by atoms with E-state index >= 15 is 0 Å². The zero-order valence-electron chi connectivity index (χ0n) is 19.4. The molecule has 2 heterocycles. The summed E-state index contributed by atoms with van der Waals surface area (Å²) in [6.07, 6.45) is -0.902. The maximum Gasteiger partial charge on any atom is 0.265 e. The molecule has 5 rings (SSSR count). The molecule has 0 saturated carbocycles. The van der Waals surface area contributed by atoms with Gasteiger partial charge in [0.05, 0.1) is 24.3 Å². The van der Waals surface area contributed by atoms with Gasteiger partial charge in [0, 0.05) is 12.1 Å². The Labute approximate surface area is 208 Å². The molecule has 0 unspecified atom stereocenters. The zero-order chi connectivity index (χ0) is 24.5. The summed E-state index contributed by atoms with van der Waals surface area (Å²) in [5.74, 6) is -0.242. The quantitative estimate of drug-likeness (QED) is 0.442. The number of fused-ring (bicyclic) bond motifs is 1. The van der Waals surface area contributed by atoms with Crippen molar-refractivity contribution in [2.24, 2.45) is 5.92 Å². The van der Waals surface area contributed by atoms with Crippen LogP contribution >= 0.6 is 11.6 Å². The lowest BCUT2D eigenvalue weighted by Crippen LogP contribution is -2.36. The van der Waals surface area contributed by atoms with Crippen molar-refractivity contribution in [3.63, 3.8) is 0 Å². The molecule has 3 aromatic carbocycles. The number of anilines is 1. The van der Waals surface area contributed by atoms with E-state index in [-0.39, 0.29) is 5.91 Å². The monoisotopic (exact) mass is 492 g/mol. The zero-order valence-corrected chi connectivity index (χ0v) is 20.1. The molecule has 3 aromatic rings. The lowest BCUT2D eigenvalue weighted by molar-refractivity contribution is -0.160. The highest BCUT2D eigenvalue weighted by Gasteiger charge is 2.59. The van der Waals surface area contributed by atoms with Gasteiger partial charge in [0.15, 0.2) is 17.6 Å². The first-order chi connectivity index (χ1) is 17.0. The van der Waals surface area contributed by atoms with Crippen molar-refractivity contribution in [3.05, 3.63) is 88.9 Å². The van der Waals surface area contributed by atoms with Crippen molar-refractivity contribution < 1.29 is 23.9 Å². The SMILES string of the molecule is CCOc1cc([C@H]2[C@H]3C(=O)N(c4cccc(Cl)c4)C(=O)[C@@H]3ON2C)ccc1OCc1ccccc1. The van der Waals surface area contributed by atoms with Gasteiger partial charge in [0.2, 0.25) is 5.91 Å². The number of hydrogen-bond acceptors (Lipinski definition) is 6. The van der Waals surface area contributed by atoms with Gasteiger partial charge >= 0.3 is 0 Å². The maximum absolute atomic E-state index is 13.5. The van der Waals surface area contributed by atoms with Gasteiger partial charge in [-0.2, -0.15) is 5.06 Å². The summed E-state index contributed by atoms with van der Waals surface area (Å²) in [6.45, 7) is 2.75. The predicted octanol–water partition coefficient (Wildman–Crippen LogP) is 4.79. The van der Waals surface area contributed by atoms with Gasteiger partial charge in [0.25, 0.3) is 5.91 Å². The smallest absolute Gasteiger partial charge is 0.265 e. The highest BCUT2D eigenvalue weighted by atomic mass is 35.5. The largest absolute Gasteiger partial charge is 0.490 e. The number of carbonyl (C=O) groups excluding carboxylic acids is 2. The summed E-state index contributed by atoms with van der Waals surface area (Å²) in [4.78, 5) is 33.7. The fourth-order valence-electron chi connectivity index (χ4n) is 4.67. The van der Waals surface area contributed by atoms with Gasteiger partial charge in [-0.1, -0.05) is 54.1 Å². The third-order valence-electron chi connectivity index (χ3n) is 6.22. The average molecular weight is 493 g/mol. The summed E-state index contributed by atoms with van der Waals surface area (Å²) >= 11 is 6.10. The van der Waals surface area contributed by atoms with Crippen LogP contribution in [0.3, 0.4) is 0 Å². The van der Waals surface area contributed by atoms with E-state index in [1.54, 1.807) is 36.4 Å². The molecule has 2 aliphatic rings.